The van der Waals surface area contributed by atoms with Gasteiger partial charge >= 0.3 is 0 Å². The summed E-state index contributed by atoms with van der Waals surface area (Å²) in [6.07, 6.45) is 1.10. The predicted octanol–water partition coefficient (Wildman–Crippen LogP) is 0.996. The highest BCUT2D eigenvalue weighted by Gasteiger charge is 2.21. The van der Waals surface area contributed by atoms with Crippen molar-refractivity contribution >= 4 is 0 Å². The maximum atomic E-state index is 9.58. The highest BCUT2D eigenvalue weighted by Crippen LogP contribution is 2.23. The van der Waals surface area contributed by atoms with E-state index in [4.69, 9.17) is 9.84 Å². The van der Waals surface area contributed by atoms with Crippen LogP contribution in [0.3, 0.4) is 0 Å². The third-order valence-corrected chi connectivity index (χ3v) is 3.39. The van der Waals surface area contributed by atoms with Crippen LogP contribution in [-0.2, 0) is 6.54 Å². The van der Waals surface area contributed by atoms with Crippen molar-refractivity contribution in [1.29, 1.82) is 0 Å². The maximum absolute atomic E-state index is 9.58. The molecule has 1 aliphatic rings. The Bertz CT molecular complexity index is 504. The van der Waals surface area contributed by atoms with Crippen LogP contribution in [0.1, 0.15) is 24.0 Å². The van der Waals surface area contributed by atoms with E-state index in [1.54, 1.807) is 7.11 Å². The zero-order valence-electron chi connectivity index (χ0n) is 11.8. The van der Waals surface area contributed by atoms with Crippen LogP contribution >= 0.6 is 0 Å². The summed E-state index contributed by atoms with van der Waals surface area (Å²) >= 11 is 0. The van der Waals surface area contributed by atoms with E-state index in [1.165, 1.54) is 0 Å². The molecule has 4 nitrogen and oxygen atoms in total. The van der Waals surface area contributed by atoms with Crippen LogP contribution in [0.25, 0.3) is 0 Å². The Hall–Kier alpha value is -1.54. The molecule has 0 radical (unpaired) electrons. The number of ether oxygens (including phenoxy) is 1. The highest BCUT2D eigenvalue weighted by molar-refractivity contribution is 5.44. The van der Waals surface area contributed by atoms with Crippen molar-refractivity contribution in [2.45, 2.75) is 25.5 Å². The average Bonchev–Trinajstić information content (AvgIpc) is 2.85. The van der Waals surface area contributed by atoms with Gasteiger partial charge in [-0.3, -0.25) is 4.90 Å². The van der Waals surface area contributed by atoms with Crippen LogP contribution in [0.4, 0.5) is 0 Å². The molecule has 1 fully saturated rings. The van der Waals surface area contributed by atoms with Gasteiger partial charge in [-0.05, 0) is 24.6 Å². The highest BCUT2D eigenvalue weighted by atomic mass is 16.5. The molecule has 0 amide bonds. The molecule has 4 heteroatoms. The van der Waals surface area contributed by atoms with Gasteiger partial charge in [-0.1, -0.05) is 11.8 Å². The smallest absolute Gasteiger partial charge is 0.123 e. The Labute approximate surface area is 120 Å². The van der Waals surface area contributed by atoms with E-state index in [0.29, 0.717) is 13.0 Å². The molecule has 2 N–H and O–H groups in total. The summed E-state index contributed by atoms with van der Waals surface area (Å²) in [6.45, 7) is 2.46. The fourth-order valence-electron chi connectivity index (χ4n) is 2.40. The van der Waals surface area contributed by atoms with Crippen molar-refractivity contribution in [1.82, 2.24) is 4.90 Å². The molecule has 1 saturated heterocycles. The number of hydrogen-bond acceptors (Lipinski definition) is 4. The quantitative estimate of drug-likeness (QED) is 0.805. The van der Waals surface area contributed by atoms with E-state index in [9.17, 15) is 5.11 Å². The molecule has 1 unspecified atom stereocenters. The van der Waals surface area contributed by atoms with Crippen molar-refractivity contribution in [3.8, 4) is 17.6 Å². The molecule has 0 saturated carbocycles. The molecule has 0 spiro atoms. The van der Waals surface area contributed by atoms with Crippen molar-refractivity contribution < 1.29 is 14.9 Å². The lowest BCUT2D eigenvalue weighted by molar-refractivity contribution is 0.174. The van der Waals surface area contributed by atoms with Gasteiger partial charge in [0.25, 0.3) is 0 Å². The largest absolute Gasteiger partial charge is 0.496 e. The first-order valence-electron chi connectivity index (χ1n) is 6.90. The van der Waals surface area contributed by atoms with Crippen molar-refractivity contribution in [2.24, 2.45) is 0 Å². The van der Waals surface area contributed by atoms with Gasteiger partial charge in [-0.25, -0.2) is 0 Å². The molecule has 1 heterocycles. The van der Waals surface area contributed by atoms with Gasteiger partial charge in [0.1, 0.15) is 5.75 Å². The molecule has 0 aliphatic carbocycles. The number of benzene rings is 1. The van der Waals surface area contributed by atoms with E-state index in [-0.39, 0.29) is 12.7 Å². The molecular formula is C16H21NO3. The first-order valence-corrected chi connectivity index (χ1v) is 6.90. The zero-order chi connectivity index (χ0) is 14.4. The molecule has 1 aromatic rings. The lowest BCUT2D eigenvalue weighted by Crippen LogP contribution is -2.21. The molecule has 1 aromatic carbocycles. The van der Waals surface area contributed by atoms with Gasteiger partial charge in [0.15, 0.2) is 0 Å². The Kier molecular flexibility index (Phi) is 5.42. The SMILES string of the molecule is COc1ccc(C#CCCO)cc1CN1CCC(O)C1. The van der Waals surface area contributed by atoms with Gasteiger partial charge < -0.3 is 14.9 Å². The van der Waals surface area contributed by atoms with Gasteiger partial charge in [-0.2, -0.15) is 0 Å². The van der Waals surface area contributed by atoms with Gasteiger partial charge in [-0.15, -0.1) is 0 Å². The normalized spacial score (nSPS) is 18.6. The van der Waals surface area contributed by atoms with Gasteiger partial charge in [0.2, 0.25) is 0 Å². The number of likely N-dealkylation sites (tertiary alicyclic amines) is 1. The number of rotatable bonds is 4. The molecular weight excluding hydrogens is 254 g/mol. The van der Waals surface area contributed by atoms with E-state index in [1.807, 2.05) is 18.2 Å². The fourth-order valence-corrected chi connectivity index (χ4v) is 2.40. The van der Waals surface area contributed by atoms with E-state index in [2.05, 4.69) is 16.7 Å². The molecule has 1 atom stereocenters. The van der Waals surface area contributed by atoms with Crippen LogP contribution in [0.15, 0.2) is 18.2 Å². The second kappa shape index (κ2) is 7.30. The summed E-state index contributed by atoms with van der Waals surface area (Å²) in [5.41, 5.74) is 2.01. The van der Waals surface area contributed by atoms with Crippen molar-refractivity contribution in [3.05, 3.63) is 29.3 Å². The molecule has 108 valence electrons. The molecule has 2 rings (SSSR count). The summed E-state index contributed by atoms with van der Waals surface area (Å²) in [6, 6.07) is 5.87. The van der Waals surface area contributed by atoms with E-state index in [0.717, 1.165) is 36.4 Å². The van der Waals surface area contributed by atoms with Gasteiger partial charge in [0, 0.05) is 37.2 Å². The summed E-state index contributed by atoms with van der Waals surface area (Å²) < 4.78 is 5.39. The van der Waals surface area contributed by atoms with Crippen LogP contribution in [0.5, 0.6) is 5.75 Å². The minimum absolute atomic E-state index is 0.0850. The Morgan fingerprint density at radius 1 is 1.45 bits per heavy atom. The zero-order valence-corrected chi connectivity index (χ0v) is 11.8. The van der Waals surface area contributed by atoms with Crippen LogP contribution in [-0.4, -0.2) is 48.0 Å². The standard InChI is InChI=1S/C16H21NO3/c1-20-16-6-5-13(4-2-3-9-18)10-14(16)11-17-8-7-15(19)12-17/h5-6,10,15,18-19H,3,7-9,11-12H2,1H3. The van der Waals surface area contributed by atoms with E-state index >= 15 is 0 Å². The number of methoxy groups -OCH3 is 1. The lowest BCUT2D eigenvalue weighted by atomic mass is 10.1. The predicted molar refractivity (Wildman–Crippen MR) is 77.5 cm³/mol. The number of aliphatic hydroxyl groups is 2. The molecule has 1 aliphatic heterocycles. The number of β-amino-alcohol motifs (C(OH)–C–C–N with tert-alkyl or cyclic N) is 1. The summed E-state index contributed by atoms with van der Waals surface area (Å²) in [5.74, 6) is 6.81. The number of nitrogens with zero attached hydrogens (tertiary/aromatic N) is 1. The van der Waals surface area contributed by atoms with Crippen molar-refractivity contribution in [3.63, 3.8) is 0 Å². The number of aliphatic hydroxyl groups excluding tert-OH is 2. The maximum Gasteiger partial charge on any atom is 0.123 e. The first kappa shape index (κ1) is 14.9. The van der Waals surface area contributed by atoms with Crippen LogP contribution in [0.2, 0.25) is 0 Å². The fraction of sp³-hybridized carbons (Fsp3) is 0.500. The van der Waals surface area contributed by atoms with Crippen LogP contribution in [0, 0.1) is 11.8 Å². The molecule has 20 heavy (non-hydrogen) atoms. The minimum Gasteiger partial charge on any atom is -0.496 e. The summed E-state index contributed by atoms with van der Waals surface area (Å²) in [5, 5.41) is 18.3. The second-order valence-electron chi connectivity index (χ2n) is 4.98. The van der Waals surface area contributed by atoms with Gasteiger partial charge in [0.05, 0.1) is 19.8 Å². The van der Waals surface area contributed by atoms with Crippen LogP contribution < -0.4 is 4.74 Å². The monoisotopic (exact) mass is 275 g/mol. The first-order chi connectivity index (χ1) is 9.72. The third-order valence-electron chi connectivity index (χ3n) is 3.39. The number of hydrogen-bond donors (Lipinski definition) is 2. The molecule has 0 bridgehead atoms. The topological polar surface area (TPSA) is 52.9 Å². The van der Waals surface area contributed by atoms with E-state index < -0.39 is 0 Å². The van der Waals surface area contributed by atoms with Crippen molar-refractivity contribution in [2.75, 3.05) is 26.8 Å². The Morgan fingerprint density at radius 3 is 2.95 bits per heavy atom. The second-order valence-corrected chi connectivity index (χ2v) is 4.98. The Balaban J connectivity index is 2.12. The minimum atomic E-state index is -0.214. The average molecular weight is 275 g/mol. The summed E-state index contributed by atoms with van der Waals surface area (Å²) in [4.78, 5) is 2.22. The Morgan fingerprint density at radius 2 is 2.30 bits per heavy atom. The summed E-state index contributed by atoms with van der Waals surface area (Å²) in [7, 11) is 1.66. The molecule has 0 aromatic heterocycles. The lowest BCUT2D eigenvalue weighted by Gasteiger charge is -2.17. The third kappa shape index (κ3) is 3.97.